The van der Waals surface area contributed by atoms with E-state index in [1.807, 2.05) is 18.2 Å². The molecular formula is C15H17N3O2. The molecule has 0 bridgehead atoms. The third-order valence-corrected chi connectivity index (χ3v) is 3.44. The zero-order valence-corrected chi connectivity index (χ0v) is 11.2. The van der Waals surface area contributed by atoms with Gasteiger partial charge in [-0.15, -0.1) is 0 Å². The summed E-state index contributed by atoms with van der Waals surface area (Å²) < 4.78 is 6.80. The number of ether oxygens (including phenoxy) is 1. The Hall–Kier alpha value is -2.30. The maximum atomic E-state index is 11.8. The van der Waals surface area contributed by atoms with Crippen LogP contribution in [0.15, 0.2) is 36.5 Å². The number of nitrogens with zero attached hydrogens (tertiary/aromatic N) is 2. The lowest BCUT2D eigenvalue weighted by molar-refractivity contribution is 0.0487. The van der Waals surface area contributed by atoms with Crippen LogP contribution in [-0.4, -0.2) is 22.4 Å². The lowest BCUT2D eigenvalue weighted by Crippen LogP contribution is -2.09. The Balaban J connectivity index is 1.66. The van der Waals surface area contributed by atoms with E-state index < -0.39 is 0 Å². The van der Waals surface area contributed by atoms with E-state index in [4.69, 9.17) is 10.5 Å². The summed E-state index contributed by atoms with van der Waals surface area (Å²) in [5.74, 6) is 0.378. The van der Waals surface area contributed by atoms with Gasteiger partial charge in [0.2, 0.25) is 0 Å². The van der Waals surface area contributed by atoms with Gasteiger partial charge in [-0.3, -0.25) is 0 Å². The minimum Gasteiger partial charge on any atom is -0.461 e. The lowest BCUT2D eigenvalue weighted by atomic mass is 10.3. The average Bonchev–Trinajstić information content (AvgIpc) is 3.14. The van der Waals surface area contributed by atoms with Crippen molar-refractivity contribution in [1.82, 2.24) is 9.78 Å². The SMILES string of the molecule is Nc1ccccc1-n1ccc(C(=O)OCCC2CC2)n1. The number of carbonyl (C=O) groups is 1. The number of nitrogens with two attached hydrogens (primary N) is 1. The van der Waals surface area contributed by atoms with Crippen LogP contribution in [-0.2, 0) is 4.74 Å². The van der Waals surface area contributed by atoms with E-state index in [-0.39, 0.29) is 5.97 Å². The van der Waals surface area contributed by atoms with Crippen molar-refractivity contribution in [2.24, 2.45) is 5.92 Å². The highest BCUT2D eigenvalue weighted by atomic mass is 16.5. The molecule has 0 unspecified atom stereocenters. The Morgan fingerprint density at radius 1 is 1.35 bits per heavy atom. The average molecular weight is 271 g/mol. The van der Waals surface area contributed by atoms with Crippen molar-refractivity contribution < 1.29 is 9.53 Å². The molecule has 2 aromatic rings. The molecule has 0 spiro atoms. The number of carbonyl (C=O) groups excluding carboxylic acids is 1. The van der Waals surface area contributed by atoms with Crippen molar-refractivity contribution in [3.8, 4) is 5.69 Å². The molecule has 1 fully saturated rings. The molecule has 0 atom stereocenters. The number of aromatic nitrogens is 2. The van der Waals surface area contributed by atoms with Gasteiger partial charge < -0.3 is 10.5 Å². The van der Waals surface area contributed by atoms with Crippen molar-refractivity contribution in [1.29, 1.82) is 0 Å². The highest BCUT2D eigenvalue weighted by molar-refractivity contribution is 5.87. The second-order valence-corrected chi connectivity index (χ2v) is 5.07. The number of esters is 1. The molecule has 1 aliphatic carbocycles. The van der Waals surface area contributed by atoms with Crippen LogP contribution in [0, 0.1) is 5.92 Å². The number of nitrogen functional groups attached to an aromatic ring is 1. The third-order valence-electron chi connectivity index (χ3n) is 3.44. The highest BCUT2D eigenvalue weighted by Crippen LogP contribution is 2.32. The summed E-state index contributed by atoms with van der Waals surface area (Å²) in [5, 5.41) is 4.22. The van der Waals surface area contributed by atoms with Gasteiger partial charge in [0.25, 0.3) is 0 Å². The fourth-order valence-corrected chi connectivity index (χ4v) is 2.06. The quantitative estimate of drug-likeness (QED) is 0.669. The molecule has 0 aliphatic heterocycles. The summed E-state index contributed by atoms with van der Waals surface area (Å²) in [4.78, 5) is 11.8. The standard InChI is InChI=1S/C15H17N3O2/c16-12-3-1-2-4-14(12)18-9-7-13(17-18)15(19)20-10-8-11-5-6-11/h1-4,7,9,11H,5-6,8,10,16H2. The topological polar surface area (TPSA) is 70.1 Å². The van der Waals surface area contributed by atoms with Crippen molar-refractivity contribution >= 4 is 11.7 Å². The van der Waals surface area contributed by atoms with Crippen LogP contribution in [0.25, 0.3) is 5.69 Å². The maximum Gasteiger partial charge on any atom is 0.358 e. The van der Waals surface area contributed by atoms with Gasteiger partial charge in [0.15, 0.2) is 5.69 Å². The van der Waals surface area contributed by atoms with Crippen molar-refractivity contribution in [3.63, 3.8) is 0 Å². The molecule has 20 heavy (non-hydrogen) atoms. The summed E-state index contributed by atoms with van der Waals surface area (Å²) in [7, 11) is 0. The monoisotopic (exact) mass is 271 g/mol. The molecule has 0 amide bonds. The van der Waals surface area contributed by atoms with Crippen LogP contribution in [0.3, 0.4) is 0 Å². The fraction of sp³-hybridized carbons (Fsp3) is 0.333. The van der Waals surface area contributed by atoms with E-state index in [9.17, 15) is 4.79 Å². The summed E-state index contributed by atoms with van der Waals surface area (Å²) in [6.07, 6.45) is 5.19. The molecule has 1 saturated carbocycles. The molecule has 5 heteroatoms. The molecule has 5 nitrogen and oxygen atoms in total. The lowest BCUT2D eigenvalue weighted by Gasteiger charge is -2.04. The first-order chi connectivity index (χ1) is 9.74. The van der Waals surface area contributed by atoms with Gasteiger partial charge in [-0.25, -0.2) is 9.48 Å². The third kappa shape index (κ3) is 2.82. The van der Waals surface area contributed by atoms with E-state index in [0.717, 1.165) is 18.0 Å². The number of benzene rings is 1. The smallest absolute Gasteiger partial charge is 0.358 e. The fourth-order valence-electron chi connectivity index (χ4n) is 2.06. The summed E-state index contributed by atoms with van der Waals surface area (Å²) in [6, 6.07) is 9.03. The Morgan fingerprint density at radius 2 is 2.15 bits per heavy atom. The number of hydrogen-bond donors (Lipinski definition) is 1. The second-order valence-electron chi connectivity index (χ2n) is 5.07. The molecular weight excluding hydrogens is 254 g/mol. The first kappa shape index (κ1) is 12.7. The first-order valence-electron chi connectivity index (χ1n) is 6.82. The number of rotatable bonds is 5. The Morgan fingerprint density at radius 3 is 2.90 bits per heavy atom. The molecule has 1 aliphatic rings. The van der Waals surface area contributed by atoms with Gasteiger partial charge in [0, 0.05) is 6.20 Å². The molecule has 0 saturated heterocycles. The van der Waals surface area contributed by atoms with Crippen LogP contribution in [0.5, 0.6) is 0 Å². The van der Waals surface area contributed by atoms with Crippen molar-refractivity contribution in [2.45, 2.75) is 19.3 Å². The molecule has 0 radical (unpaired) electrons. The van der Waals surface area contributed by atoms with E-state index in [1.165, 1.54) is 12.8 Å². The van der Waals surface area contributed by atoms with Gasteiger partial charge in [-0.05, 0) is 30.5 Å². The highest BCUT2D eigenvalue weighted by Gasteiger charge is 2.21. The summed E-state index contributed by atoms with van der Waals surface area (Å²) in [5.41, 5.74) is 7.56. The molecule has 1 aromatic heterocycles. The van der Waals surface area contributed by atoms with Crippen molar-refractivity contribution in [2.75, 3.05) is 12.3 Å². The largest absolute Gasteiger partial charge is 0.461 e. The Kier molecular flexibility index (Phi) is 3.41. The maximum absolute atomic E-state index is 11.8. The zero-order chi connectivity index (χ0) is 13.9. The van der Waals surface area contributed by atoms with E-state index in [1.54, 1.807) is 23.0 Å². The van der Waals surface area contributed by atoms with E-state index >= 15 is 0 Å². The number of hydrogen-bond acceptors (Lipinski definition) is 4. The van der Waals surface area contributed by atoms with Gasteiger partial charge >= 0.3 is 5.97 Å². The zero-order valence-electron chi connectivity index (χ0n) is 11.2. The van der Waals surface area contributed by atoms with Gasteiger partial charge in [-0.2, -0.15) is 5.10 Å². The van der Waals surface area contributed by atoms with E-state index in [2.05, 4.69) is 5.10 Å². The van der Waals surface area contributed by atoms with Crippen LogP contribution >= 0.6 is 0 Å². The van der Waals surface area contributed by atoms with E-state index in [0.29, 0.717) is 18.0 Å². The second kappa shape index (κ2) is 5.36. The number of anilines is 1. The molecule has 1 heterocycles. The van der Waals surface area contributed by atoms with Crippen molar-refractivity contribution in [3.05, 3.63) is 42.2 Å². The first-order valence-corrected chi connectivity index (χ1v) is 6.82. The van der Waals surface area contributed by atoms with Crippen LogP contribution in [0.1, 0.15) is 29.8 Å². The Labute approximate surface area is 117 Å². The van der Waals surface area contributed by atoms with Crippen LogP contribution in [0.2, 0.25) is 0 Å². The molecule has 3 rings (SSSR count). The predicted octanol–water partition coefficient (Wildman–Crippen LogP) is 2.41. The van der Waals surface area contributed by atoms with Crippen LogP contribution < -0.4 is 5.73 Å². The van der Waals surface area contributed by atoms with Crippen LogP contribution in [0.4, 0.5) is 5.69 Å². The Bertz CT molecular complexity index is 617. The summed E-state index contributed by atoms with van der Waals surface area (Å²) in [6.45, 7) is 0.476. The number of para-hydroxylation sites is 2. The van der Waals surface area contributed by atoms with Gasteiger partial charge in [0.1, 0.15) is 0 Å². The minimum atomic E-state index is -0.376. The molecule has 2 N–H and O–H groups in total. The molecule has 104 valence electrons. The summed E-state index contributed by atoms with van der Waals surface area (Å²) >= 11 is 0. The minimum absolute atomic E-state index is 0.309. The van der Waals surface area contributed by atoms with Gasteiger partial charge in [0.05, 0.1) is 18.0 Å². The van der Waals surface area contributed by atoms with Gasteiger partial charge in [-0.1, -0.05) is 25.0 Å². The molecule has 1 aromatic carbocycles. The normalized spacial score (nSPS) is 14.2. The predicted molar refractivity (Wildman–Crippen MR) is 75.6 cm³/mol.